The Morgan fingerprint density at radius 1 is 1.29 bits per heavy atom. The molecule has 0 aromatic carbocycles. The zero-order valence-electron chi connectivity index (χ0n) is 9.18. The first-order valence-corrected chi connectivity index (χ1v) is 5.63. The van der Waals surface area contributed by atoms with Gasteiger partial charge in [-0.1, -0.05) is 12.8 Å². The molecular formula is C11H20N2O. The molecule has 0 bridgehead atoms. The van der Waals surface area contributed by atoms with E-state index in [4.69, 9.17) is 0 Å². The maximum atomic E-state index is 11.7. The molecule has 0 radical (unpaired) electrons. The fourth-order valence-corrected chi connectivity index (χ4v) is 3.11. The lowest BCUT2D eigenvalue weighted by molar-refractivity contribution is 0.193. The van der Waals surface area contributed by atoms with Gasteiger partial charge in [-0.3, -0.25) is 0 Å². The molecule has 0 spiro atoms. The Balaban J connectivity index is 2.04. The zero-order chi connectivity index (χ0) is 10.2. The van der Waals surface area contributed by atoms with E-state index in [1.165, 1.54) is 38.5 Å². The summed E-state index contributed by atoms with van der Waals surface area (Å²) in [5.41, 5.74) is 0.168. The minimum atomic E-state index is 0.0822. The van der Waals surface area contributed by atoms with Gasteiger partial charge >= 0.3 is 6.03 Å². The highest BCUT2D eigenvalue weighted by atomic mass is 16.2. The van der Waals surface area contributed by atoms with E-state index in [2.05, 4.69) is 5.32 Å². The number of carbonyl (C=O) groups is 1. The number of urea groups is 1. The number of hydrogen-bond acceptors (Lipinski definition) is 1. The summed E-state index contributed by atoms with van der Waals surface area (Å²) in [6.45, 7) is 0. The van der Waals surface area contributed by atoms with E-state index >= 15 is 0 Å². The van der Waals surface area contributed by atoms with Gasteiger partial charge in [0, 0.05) is 19.6 Å². The Morgan fingerprint density at radius 2 is 1.86 bits per heavy atom. The number of fused-ring (bicyclic) bond motifs is 1. The van der Waals surface area contributed by atoms with Crippen molar-refractivity contribution < 1.29 is 4.79 Å². The fraction of sp³-hybridized carbons (Fsp3) is 0.909. The van der Waals surface area contributed by atoms with Crippen LogP contribution in [0, 0.1) is 5.92 Å². The molecule has 0 saturated heterocycles. The second-order valence-corrected chi connectivity index (χ2v) is 4.96. The van der Waals surface area contributed by atoms with E-state index in [0.29, 0.717) is 0 Å². The van der Waals surface area contributed by atoms with Gasteiger partial charge < -0.3 is 10.2 Å². The summed E-state index contributed by atoms with van der Waals surface area (Å²) in [6, 6.07) is 0.0822. The maximum Gasteiger partial charge on any atom is 0.317 e. The maximum absolute atomic E-state index is 11.7. The van der Waals surface area contributed by atoms with Crippen LogP contribution in [0.2, 0.25) is 0 Å². The second kappa shape index (κ2) is 3.44. The van der Waals surface area contributed by atoms with Gasteiger partial charge in [-0.05, 0) is 31.6 Å². The highest BCUT2D eigenvalue weighted by molar-refractivity contribution is 5.74. The van der Waals surface area contributed by atoms with Crippen LogP contribution in [0.4, 0.5) is 4.79 Å². The van der Waals surface area contributed by atoms with Gasteiger partial charge in [0.1, 0.15) is 0 Å². The Labute approximate surface area is 85.8 Å². The van der Waals surface area contributed by atoms with Crippen molar-refractivity contribution in [2.75, 3.05) is 14.1 Å². The van der Waals surface area contributed by atoms with E-state index in [9.17, 15) is 4.79 Å². The molecule has 3 heteroatoms. The molecule has 80 valence electrons. The zero-order valence-corrected chi connectivity index (χ0v) is 9.18. The van der Waals surface area contributed by atoms with Crippen LogP contribution < -0.4 is 5.32 Å². The number of carbonyl (C=O) groups excluding carboxylic acids is 1. The van der Waals surface area contributed by atoms with Crippen LogP contribution in [0.25, 0.3) is 0 Å². The Bertz CT molecular complexity index is 227. The first-order chi connectivity index (χ1) is 6.64. The molecule has 0 aromatic heterocycles. The number of nitrogens with one attached hydrogen (secondary N) is 1. The van der Waals surface area contributed by atoms with Crippen LogP contribution >= 0.6 is 0 Å². The van der Waals surface area contributed by atoms with Crippen molar-refractivity contribution in [3.05, 3.63) is 0 Å². The predicted molar refractivity (Wildman–Crippen MR) is 56.1 cm³/mol. The molecule has 2 saturated carbocycles. The predicted octanol–water partition coefficient (Wildman–Crippen LogP) is 1.98. The third-order valence-corrected chi connectivity index (χ3v) is 3.89. The van der Waals surface area contributed by atoms with Crippen molar-refractivity contribution in [1.82, 2.24) is 10.2 Å². The van der Waals surface area contributed by atoms with Gasteiger partial charge in [0.05, 0.1) is 0 Å². The van der Waals surface area contributed by atoms with Crippen LogP contribution in [0.15, 0.2) is 0 Å². The molecule has 2 aliphatic rings. The quantitative estimate of drug-likeness (QED) is 0.683. The molecule has 3 nitrogen and oxygen atoms in total. The van der Waals surface area contributed by atoms with Crippen LogP contribution in [-0.2, 0) is 0 Å². The SMILES string of the molecule is CN(C)C(=O)NC12CCCC1CCC2. The van der Waals surface area contributed by atoms with Crippen LogP contribution in [-0.4, -0.2) is 30.6 Å². The Kier molecular flexibility index (Phi) is 2.41. The molecule has 0 unspecified atom stereocenters. The number of nitrogens with zero attached hydrogens (tertiary/aromatic N) is 1. The number of hydrogen-bond donors (Lipinski definition) is 1. The summed E-state index contributed by atoms with van der Waals surface area (Å²) < 4.78 is 0. The summed E-state index contributed by atoms with van der Waals surface area (Å²) >= 11 is 0. The molecule has 2 amide bonds. The number of amides is 2. The molecule has 2 fully saturated rings. The summed E-state index contributed by atoms with van der Waals surface area (Å²) in [4.78, 5) is 13.3. The minimum Gasteiger partial charge on any atom is -0.332 e. The van der Waals surface area contributed by atoms with Crippen molar-refractivity contribution in [1.29, 1.82) is 0 Å². The van der Waals surface area contributed by atoms with E-state index < -0.39 is 0 Å². The van der Waals surface area contributed by atoms with Crippen LogP contribution in [0.3, 0.4) is 0 Å². The molecule has 2 aliphatic carbocycles. The smallest absolute Gasteiger partial charge is 0.317 e. The molecule has 0 aromatic rings. The van der Waals surface area contributed by atoms with Crippen LogP contribution in [0.1, 0.15) is 38.5 Å². The third-order valence-electron chi connectivity index (χ3n) is 3.89. The van der Waals surface area contributed by atoms with Gasteiger partial charge in [-0.15, -0.1) is 0 Å². The summed E-state index contributed by atoms with van der Waals surface area (Å²) in [5, 5.41) is 3.24. The monoisotopic (exact) mass is 196 g/mol. The molecule has 2 rings (SSSR count). The third kappa shape index (κ3) is 1.49. The van der Waals surface area contributed by atoms with Gasteiger partial charge in [0.2, 0.25) is 0 Å². The lowest BCUT2D eigenvalue weighted by Gasteiger charge is -2.32. The van der Waals surface area contributed by atoms with E-state index in [-0.39, 0.29) is 11.6 Å². The molecule has 1 N–H and O–H groups in total. The molecule has 14 heavy (non-hydrogen) atoms. The minimum absolute atomic E-state index is 0.0822. The van der Waals surface area contributed by atoms with Gasteiger partial charge in [0.15, 0.2) is 0 Å². The van der Waals surface area contributed by atoms with Crippen LogP contribution in [0.5, 0.6) is 0 Å². The van der Waals surface area contributed by atoms with E-state index in [0.717, 1.165) is 5.92 Å². The molecule has 0 aliphatic heterocycles. The molecule has 0 atom stereocenters. The topological polar surface area (TPSA) is 32.3 Å². The normalized spacial score (nSPS) is 35.4. The first kappa shape index (κ1) is 9.81. The average Bonchev–Trinajstić information content (AvgIpc) is 2.61. The van der Waals surface area contributed by atoms with E-state index in [1.807, 2.05) is 14.1 Å². The van der Waals surface area contributed by atoms with Gasteiger partial charge in [-0.2, -0.15) is 0 Å². The van der Waals surface area contributed by atoms with Crippen molar-refractivity contribution >= 4 is 6.03 Å². The highest BCUT2D eigenvalue weighted by Crippen LogP contribution is 2.47. The molecular weight excluding hydrogens is 176 g/mol. The fourth-order valence-electron chi connectivity index (χ4n) is 3.11. The summed E-state index contributed by atoms with van der Waals surface area (Å²) in [7, 11) is 3.62. The summed E-state index contributed by atoms with van der Waals surface area (Å²) in [6.07, 6.45) is 7.59. The Morgan fingerprint density at radius 3 is 2.36 bits per heavy atom. The standard InChI is InChI=1S/C11H20N2O/c1-13(2)10(14)12-11-7-3-5-9(11)6-4-8-11/h9H,3-8H2,1-2H3,(H,12,14). The van der Waals surface area contributed by atoms with Crippen molar-refractivity contribution in [3.63, 3.8) is 0 Å². The Hall–Kier alpha value is -0.730. The largest absolute Gasteiger partial charge is 0.332 e. The molecule has 0 heterocycles. The van der Waals surface area contributed by atoms with Crippen molar-refractivity contribution in [2.45, 2.75) is 44.1 Å². The van der Waals surface area contributed by atoms with E-state index in [1.54, 1.807) is 4.90 Å². The van der Waals surface area contributed by atoms with Gasteiger partial charge in [0.25, 0.3) is 0 Å². The van der Waals surface area contributed by atoms with Gasteiger partial charge in [-0.25, -0.2) is 4.79 Å². The summed E-state index contributed by atoms with van der Waals surface area (Å²) in [5.74, 6) is 0.756. The lowest BCUT2D eigenvalue weighted by atomic mass is 9.90. The second-order valence-electron chi connectivity index (χ2n) is 4.96. The lowest BCUT2D eigenvalue weighted by Crippen LogP contribution is -2.51. The average molecular weight is 196 g/mol. The highest BCUT2D eigenvalue weighted by Gasteiger charge is 2.47. The van der Waals surface area contributed by atoms with Crippen molar-refractivity contribution in [2.24, 2.45) is 5.92 Å². The number of rotatable bonds is 1. The first-order valence-electron chi connectivity index (χ1n) is 5.63. The van der Waals surface area contributed by atoms with Crippen molar-refractivity contribution in [3.8, 4) is 0 Å².